The molecule has 0 spiro atoms. The van der Waals surface area contributed by atoms with Gasteiger partial charge in [-0.3, -0.25) is 4.79 Å². The summed E-state index contributed by atoms with van der Waals surface area (Å²) in [5.41, 5.74) is 0.388. The standard InChI is InChI=1S/C16H20N2O3S/c1-16(8-9-19,11-21-2)18-14(20)13-10-17-15(22-13)12-6-4-3-5-7-12/h3-7,10,19H,8-9,11H2,1-2H3,(H,18,20). The molecule has 0 bridgehead atoms. The Bertz CT molecular complexity index is 607. The quantitative estimate of drug-likeness (QED) is 0.821. The van der Waals surface area contributed by atoms with Crippen LogP contribution in [0.5, 0.6) is 0 Å². The molecule has 5 nitrogen and oxygen atoms in total. The number of aromatic nitrogens is 1. The van der Waals surface area contributed by atoms with E-state index in [1.807, 2.05) is 37.3 Å². The van der Waals surface area contributed by atoms with E-state index in [9.17, 15) is 4.79 Å². The van der Waals surface area contributed by atoms with Gasteiger partial charge in [0.2, 0.25) is 0 Å². The number of thiazole rings is 1. The lowest BCUT2D eigenvalue weighted by Gasteiger charge is -2.29. The van der Waals surface area contributed by atoms with E-state index in [-0.39, 0.29) is 12.5 Å². The molecule has 1 aromatic heterocycles. The van der Waals surface area contributed by atoms with Crippen molar-refractivity contribution in [2.75, 3.05) is 20.3 Å². The van der Waals surface area contributed by atoms with E-state index >= 15 is 0 Å². The lowest BCUT2D eigenvalue weighted by molar-refractivity contribution is 0.0729. The molecule has 0 aliphatic carbocycles. The first-order valence-corrected chi connectivity index (χ1v) is 7.83. The van der Waals surface area contributed by atoms with Gasteiger partial charge in [0, 0.05) is 19.3 Å². The summed E-state index contributed by atoms with van der Waals surface area (Å²) in [5.74, 6) is -0.201. The predicted octanol–water partition coefficient (Wildman–Crippen LogP) is 2.33. The van der Waals surface area contributed by atoms with Crippen LogP contribution in [0.15, 0.2) is 36.5 Å². The highest BCUT2D eigenvalue weighted by Crippen LogP contribution is 2.25. The SMILES string of the molecule is COCC(C)(CCO)NC(=O)c1cnc(-c2ccccc2)s1. The van der Waals surface area contributed by atoms with Crippen LogP contribution in [0, 0.1) is 0 Å². The second-order valence-corrected chi connectivity index (χ2v) is 6.35. The molecule has 2 rings (SSSR count). The maximum atomic E-state index is 12.4. The zero-order valence-corrected chi connectivity index (χ0v) is 13.5. The van der Waals surface area contributed by atoms with E-state index in [4.69, 9.17) is 9.84 Å². The second kappa shape index (κ2) is 7.49. The molecule has 0 radical (unpaired) electrons. The van der Waals surface area contributed by atoms with Crippen molar-refractivity contribution in [2.45, 2.75) is 18.9 Å². The van der Waals surface area contributed by atoms with Gasteiger partial charge in [-0.25, -0.2) is 4.98 Å². The molecular formula is C16H20N2O3S. The van der Waals surface area contributed by atoms with Crippen molar-refractivity contribution in [3.05, 3.63) is 41.4 Å². The number of carbonyl (C=O) groups excluding carboxylic acids is 1. The predicted molar refractivity (Wildman–Crippen MR) is 87.0 cm³/mol. The molecule has 1 atom stereocenters. The van der Waals surface area contributed by atoms with E-state index in [2.05, 4.69) is 10.3 Å². The summed E-state index contributed by atoms with van der Waals surface area (Å²) >= 11 is 1.34. The van der Waals surface area contributed by atoms with Crippen LogP contribution < -0.4 is 5.32 Å². The van der Waals surface area contributed by atoms with Crippen molar-refractivity contribution in [3.8, 4) is 10.6 Å². The van der Waals surface area contributed by atoms with Crippen LogP contribution in [-0.2, 0) is 4.74 Å². The average Bonchev–Trinajstić information content (AvgIpc) is 2.98. The molecule has 0 saturated heterocycles. The van der Waals surface area contributed by atoms with Gasteiger partial charge >= 0.3 is 0 Å². The van der Waals surface area contributed by atoms with Crippen LogP contribution in [0.3, 0.4) is 0 Å². The lowest BCUT2D eigenvalue weighted by atomic mass is 9.99. The summed E-state index contributed by atoms with van der Waals surface area (Å²) in [6.07, 6.45) is 2.01. The molecule has 22 heavy (non-hydrogen) atoms. The Morgan fingerprint density at radius 2 is 2.14 bits per heavy atom. The van der Waals surface area contributed by atoms with Crippen molar-refractivity contribution in [1.29, 1.82) is 0 Å². The summed E-state index contributed by atoms with van der Waals surface area (Å²) in [5, 5.41) is 12.9. The molecule has 1 unspecified atom stereocenters. The minimum atomic E-state index is -0.600. The molecule has 1 aromatic carbocycles. The van der Waals surface area contributed by atoms with E-state index in [1.165, 1.54) is 11.3 Å². The highest BCUT2D eigenvalue weighted by Gasteiger charge is 2.27. The Labute approximate surface area is 134 Å². The van der Waals surface area contributed by atoms with Crippen molar-refractivity contribution >= 4 is 17.2 Å². The number of benzene rings is 1. The van der Waals surface area contributed by atoms with Crippen molar-refractivity contribution < 1.29 is 14.6 Å². The molecule has 1 amide bonds. The number of aliphatic hydroxyl groups excluding tert-OH is 1. The van der Waals surface area contributed by atoms with Gasteiger partial charge in [0.15, 0.2) is 0 Å². The third-order valence-electron chi connectivity index (χ3n) is 3.29. The van der Waals surface area contributed by atoms with Gasteiger partial charge in [0.1, 0.15) is 9.88 Å². The molecule has 118 valence electrons. The molecule has 0 aliphatic heterocycles. The largest absolute Gasteiger partial charge is 0.396 e. The number of rotatable bonds is 7. The fourth-order valence-electron chi connectivity index (χ4n) is 2.17. The van der Waals surface area contributed by atoms with Gasteiger partial charge in [-0.2, -0.15) is 0 Å². The minimum absolute atomic E-state index is 0.0158. The van der Waals surface area contributed by atoms with Gasteiger partial charge < -0.3 is 15.2 Å². The van der Waals surface area contributed by atoms with E-state index < -0.39 is 5.54 Å². The van der Waals surface area contributed by atoms with Crippen LogP contribution in [0.25, 0.3) is 10.6 Å². The highest BCUT2D eigenvalue weighted by molar-refractivity contribution is 7.16. The molecule has 2 N–H and O–H groups in total. The van der Waals surface area contributed by atoms with Gasteiger partial charge in [0.05, 0.1) is 18.3 Å². The zero-order chi connectivity index (χ0) is 16.0. The molecule has 0 fully saturated rings. The number of carbonyl (C=O) groups is 1. The third kappa shape index (κ3) is 4.13. The van der Waals surface area contributed by atoms with Crippen LogP contribution >= 0.6 is 11.3 Å². The van der Waals surface area contributed by atoms with Gasteiger partial charge in [-0.15, -0.1) is 11.3 Å². The molecule has 1 heterocycles. The third-order valence-corrected chi connectivity index (χ3v) is 4.34. The van der Waals surface area contributed by atoms with Crippen LogP contribution in [0.2, 0.25) is 0 Å². The second-order valence-electron chi connectivity index (χ2n) is 5.32. The minimum Gasteiger partial charge on any atom is -0.396 e. The molecule has 2 aromatic rings. The molecule has 0 saturated carbocycles. The maximum absolute atomic E-state index is 12.4. The number of hydrogen-bond donors (Lipinski definition) is 2. The summed E-state index contributed by atoms with van der Waals surface area (Å²) in [6, 6.07) is 9.74. The molecule has 6 heteroatoms. The monoisotopic (exact) mass is 320 g/mol. The first kappa shape index (κ1) is 16.6. The number of amides is 1. The number of hydrogen-bond acceptors (Lipinski definition) is 5. The van der Waals surface area contributed by atoms with Gasteiger partial charge in [-0.05, 0) is 13.3 Å². The van der Waals surface area contributed by atoms with Gasteiger partial charge in [0.25, 0.3) is 5.91 Å². The summed E-state index contributed by atoms with van der Waals surface area (Å²) < 4.78 is 5.13. The van der Waals surface area contributed by atoms with Gasteiger partial charge in [-0.1, -0.05) is 30.3 Å². The molecule has 0 aliphatic rings. The van der Waals surface area contributed by atoms with Crippen LogP contribution in [0.4, 0.5) is 0 Å². The first-order valence-electron chi connectivity index (χ1n) is 7.01. The smallest absolute Gasteiger partial charge is 0.263 e. The van der Waals surface area contributed by atoms with Crippen LogP contribution in [0.1, 0.15) is 23.0 Å². The van der Waals surface area contributed by atoms with E-state index in [0.29, 0.717) is 17.9 Å². The van der Waals surface area contributed by atoms with E-state index in [0.717, 1.165) is 10.6 Å². The Morgan fingerprint density at radius 3 is 2.77 bits per heavy atom. The normalized spacial score (nSPS) is 13.6. The Balaban J connectivity index is 2.12. The summed E-state index contributed by atoms with van der Waals surface area (Å²) in [6.45, 7) is 2.17. The Hall–Kier alpha value is -1.76. The fraction of sp³-hybridized carbons (Fsp3) is 0.375. The van der Waals surface area contributed by atoms with Crippen molar-refractivity contribution in [1.82, 2.24) is 10.3 Å². The topological polar surface area (TPSA) is 71.5 Å². The highest BCUT2D eigenvalue weighted by atomic mass is 32.1. The number of methoxy groups -OCH3 is 1. The first-order chi connectivity index (χ1) is 10.6. The van der Waals surface area contributed by atoms with Crippen molar-refractivity contribution in [2.24, 2.45) is 0 Å². The number of nitrogens with one attached hydrogen (secondary N) is 1. The Kier molecular flexibility index (Phi) is 5.65. The number of nitrogens with zero attached hydrogens (tertiary/aromatic N) is 1. The Morgan fingerprint density at radius 1 is 1.41 bits per heavy atom. The number of ether oxygens (including phenoxy) is 1. The average molecular weight is 320 g/mol. The maximum Gasteiger partial charge on any atom is 0.263 e. The molecular weight excluding hydrogens is 300 g/mol. The number of aliphatic hydroxyl groups is 1. The van der Waals surface area contributed by atoms with Crippen molar-refractivity contribution in [3.63, 3.8) is 0 Å². The van der Waals surface area contributed by atoms with E-state index in [1.54, 1.807) is 13.3 Å². The van der Waals surface area contributed by atoms with Crippen LogP contribution in [-0.4, -0.2) is 41.9 Å². The fourth-order valence-corrected chi connectivity index (χ4v) is 2.98. The summed E-state index contributed by atoms with van der Waals surface area (Å²) in [4.78, 5) is 17.2. The lowest BCUT2D eigenvalue weighted by Crippen LogP contribution is -2.49. The zero-order valence-electron chi connectivity index (χ0n) is 12.7. The summed E-state index contributed by atoms with van der Waals surface area (Å²) in [7, 11) is 1.57.